The molecule has 0 bridgehead atoms. The van der Waals surface area contributed by atoms with E-state index in [1.165, 1.54) is 19.2 Å². The van der Waals surface area contributed by atoms with Crippen LogP contribution in [0.4, 0.5) is 4.39 Å². The predicted octanol–water partition coefficient (Wildman–Crippen LogP) is 2.25. The van der Waals surface area contributed by atoms with Gasteiger partial charge in [-0.25, -0.2) is 4.39 Å². The Labute approximate surface area is 174 Å². The average Bonchev–Trinajstić information content (AvgIpc) is 3.20. The van der Waals surface area contributed by atoms with Crippen LogP contribution in [0.1, 0.15) is 24.1 Å². The molecule has 0 unspecified atom stereocenters. The van der Waals surface area contributed by atoms with Crippen LogP contribution < -0.4 is 5.32 Å². The van der Waals surface area contributed by atoms with Crippen molar-refractivity contribution < 1.29 is 23.5 Å². The first-order chi connectivity index (χ1) is 14.4. The minimum Gasteiger partial charge on any atom is -0.465 e. The highest BCUT2D eigenvalue weighted by Crippen LogP contribution is 2.50. The van der Waals surface area contributed by atoms with Crippen molar-refractivity contribution in [2.45, 2.75) is 24.9 Å². The van der Waals surface area contributed by atoms with Gasteiger partial charge < -0.3 is 4.74 Å². The first-order valence-corrected chi connectivity index (χ1v) is 9.94. The molecule has 2 heterocycles. The van der Waals surface area contributed by atoms with Gasteiger partial charge in [0.25, 0.3) is 0 Å². The highest BCUT2D eigenvalue weighted by atomic mass is 19.1. The molecule has 2 aromatic carbocycles. The molecule has 0 radical (unpaired) electrons. The maximum atomic E-state index is 13.5. The van der Waals surface area contributed by atoms with Crippen molar-refractivity contribution in [2.24, 2.45) is 11.8 Å². The fourth-order valence-corrected chi connectivity index (χ4v) is 4.70. The molecule has 0 spiro atoms. The van der Waals surface area contributed by atoms with Crippen LogP contribution in [0.15, 0.2) is 54.6 Å². The van der Waals surface area contributed by atoms with Gasteiger partial charge in [0.05, 0.1) is 18.4 Å². The molecule has 4 rings (SSSR count). The SMILES string of the molecule is CCOC(=O)[C@]1(Cc2ccccc2)N[C@@H](c2ccc(F)cc2)[C@H]2C(=O)N(C)C(=O)[C@H]21. The van der Waals surface area contributed by atoms with Gasteiger partial charge in [-0.1, -0.05) is 42.5 Å². The minimum atomic E-state index is -1.40. The highest BCUT2D eigenvalue weighted by Gasteiger charge is 2.68. The van der Waals surface area contributed by atoms with Gasteiger partial charge in [-0.05, 0) is 30.2 Å². The normalized spacial score (nSPS) is 28.0. The number of imide groups is 1. The van der Waals surface area contributed by atoms with E-state index in [0.29, 0.717) is 5.56 Å². The smallest absolute Gasteiger partial charge is 0.327 e. The lowest BCUT2D eigenvalue weighted by molar-refractivity contribution is -0.156. The van der Waals surface area contributed by atoms with E-state index in [2.05, 4.69) is 5.32 Å². The maximum absolute atomic E-state index is 13.5. The van der Waals surface area contributed by atoms with Crippen molar-refractivity contribution in [3.63, 3.8) is 0 Å². The zero-order valence-corrected chi connectivity index (χ0v) is 16.8. The number of halogens is 1. The number of hydrogen-bond acceptors (Lipinski definition) is 5. The molecule has 7 heteroatoms. The summed E-state index contributed by atoms with van der Waals surface area (Å²) in [6.45, 7) is 1.85. The second kappa shape index (κ2) is 7.65. The van der Waals surface area contributed by atoms with Crippen molar-refractivity contribution in [3.05, 3.63) is 71.5 Å². The number of rotatable bonds is 5. The number of nitrogens with one attached hydrogen (secondary N) is 1. The van der Waals surface area contributed by atoms with Gasteiger partial charge in [-0.3, -0.25) is 24.6 Å². The third kappa shape index (κ3) is 3.10. The molecule has 2 amide bonds. The van der Waals surface area contributed by atoms with Crippen LogP contribution in [0.2, 0.25) is 0 Å². The monoisotopic (exact) mass is 410 g/mol. The highest BCUT2D eigenvalue weighted by molar-refractivity contribution is 6.09. The maximum Gasteiger partial charge on any atom is 0.327 e. The topological polar surface area (TPSA) is 75.7 Å². The molecule has 6 nitrogen and oxygen atoms in total. The van der Waals surface area contributed by atoms with E-state index in [-0.39, 0.29) is 18.9 Å². The fraction of sp³-hybridized carbons (Fsp3) is 0.348. The Morgan fingerprint density at radius 1 is 1.10 bits per heavy atom. The molecule has 0 aliphatic carbocycles. The number of fused-ring (bicyclic) bond motifs is 1. The number of amides is 2. The van der Waals surface area contributed by atoms with Crippen molar-refractivity contribution in [3.8, 4) is 0 Å². The molecular formula is C23H23FN2O4. The van der Waals surface area contributed by atoms with Crippen molar-refractivity contribution in [1.82, 2.24) is 10.2 Å². The number of likely N-dealkylation sites (tertiary alicyclic amines) is 1. The van der Waals surface area contributed by atoms with E-state index in [1.807, 2.05) is 30.3 Å². The third-order valence-electron chi connectivity index (χ3n) is 6.07. The van der Waals surface area contributed by atoms with E-state index >= 15 is 0 Å². The number of carbonyl (C=O) groups is 3. The van der Waals surface area contributed by atoms with Crippen molar-refractivity contribution >= 4 is 17.8 Å². The van der Waals surface area contributed by atoms with Gasteiger partial charge in [0.1, 0.15) is 11.4 Å². The third-order valence-corrected chi connectivity index (χ3v) is 6.07. The van der Waals surface area contributed by atoms with Crippen LogP contribution in [0.5, 0.6) is 0 Å². The first-order valence-electron chi connectivity index (χ1n) is 9.94. The minimum absolute atomic E-state index is 0.146. The molecule has 2 aliphatic rings. The number of hydrogen-bond donors (Lipinski definition) is 1. The lowest BCUT2D eigenvalue weighted by Gasteiger charge is -2.32. The summed E-state index contributed by atoms with van der Waals surface area (Å²) in [4.78, 5) is 40.5. The van der Waals surface area contributed by atoms with Gasteiger partial charge in [0, 0.05) is 19.5 Å². The summed E-state index contributed by atoms with van der Waals surface area (Å²) in [6, 6.07) is 14.4. The van der Waals surface area contributed by atoms with Crippen LogP contribution in [0.25, 0.3) is 0 Å². The first kappa shape index (κ1) is 20.2. The summed E-state index contributed by atoms with van der Waals surface area (Å²) in [5.74, 6) is -3.42. The Bertz CT molecular complexity index is 978. The molecular weight excluding hydrogens is 387 g/mol. The summed E-state index contributed by atoms with van der Waals surface area (Å²) in [6.07, 6.45) is 0.193. The lowest BCUT2D eigenvalue weighted by Crippen LogP contribution is -2.57. The zero-order valence-electron chi connectivity index (χ0n) is 16.8. The van der Waals surface area contributed by atoms with Crippen molar-refractivity contribution in [1.29, 1.82) is 0 Å². The standard InChI is InChI=1S/C23H23FN2O4/c1-3-30-22(29)23(13-14-7-5-4-6-8-14)18-17(20(27)26(2)21(18)28)19(25-23)15-9-11-16(24)12-10-15/h4-12,17-19,25H,3,13H2,1-2H3/t17-,18-,19-,23+/m0/s1. The molecule has 2 fully saturated rings. The molecule has 0 saturated carbocycles. The molecule has 156 valence electrons. The van der Waals surface area contributed by atoms with Crippen LogP contribution >= 0.6 is 0 Å². The fourth-order valence-electron chi connectivity index (χ4n) is 4.70. The van der Waals surface area contributed by atoms with E-state index in [1.54, 1.807) is 19.1 Å². The molecule has 2 aromatic rings. The van der Waals surface area contributed by atoms with Gasteiger partial charge in [-0.2, -0.15) is 0 Å². The van der Waals surface area contributed by atoms with Gasteiger partial charge in [0.15, 0.2) is 0 Å². The second-order valence-corrected chi connectivity index (χ2v) is 7.77. The molecule has 4 atom stereocenters. The van der Waals surface area contributed by atoms with Crippen molar-refractivity contribution in [2.75, 3.05) is 13.7 Å². The van der Waals surface area contributed by atoms with Crippen LogP contribution in [-0.2, 0) is 25.5 Å². The molecule has 0 aromatic heterocycles. The number of ether oxygens (including phenoxy) is 1. The van der Waals surface area contributed by atoms with Crippen LogP contribution in [0.3, 0.4) is 0 Å². The Kier molecular flexibility index (Phi) is 5.15. The summed E-state index contributed by atoms with van der Waals surface area (Å²) in [7, 11) is 1.43. The Hall–Kier alpha value is -3.06. The van der Waals surface area contributed by atoms with E-state index in [0.717, 1.165) is 10.5 Å². The number of esters is 1. The number of carbonyl (C=O) groups excluding carboxylic acids is 3. The summed E-state index contributed by atoms with van der Waals surface area (Å²) in [5, 5.41) is 3.29. The van der Waals surface area contributed by atoms with Gasteiger partial charge in [-0.15, -0.1) is 0 Å². The number of nitrogens with zero attached hydrogens (tertiary/aromatic N) is 1. The van der Waals surface area contributed by atoms with Crippen LogP contribution in [-0.4, -0.2) is 41.9 Å². The van der Waals surface area contributed by atoms with E-state index < -0.39 is 41.1 Å². The number of benzene rings is 2. The molecule has 30 heavy (non-hydrogen) atoms. The zero-order chi connectivity index (χ0) is 21.5. The summed E-state index contributed by atoms with van der Waals surface area (Å²) < 4.78 is 18.9. The summed E-state index contributed by atoms with van der Waals surface area (Å²) in [5.41, 5.74) is 0.0759. The van der Waals surface area contributed by atoms with Gasteiger partial charge >= 0.3 is 5.97 Å². The Morgan fingerprint density at radius 3 is 2.40 bits per heavy atom. The lowest BCUT2D eigenvalue weighted by atomic mass is 9.76. The molecule has 1 N–H and O–H groups in total. The second-order valence-electron chi connectivity index (χ2n) is 7.77. The predicted molar refractivity (Wildman–Crippen MR) is 107 cm³/mol. The van der Waals surface area contributed by atoms with Gasteiger partial charge in [0.2, 0.25) is 11.8 Å². The Balaban J connectivity index is 1.85. The van der Waals surface area contributed by atoms with E-state index in [4.69, 9.17) is 4.74 Å². The Morgan fingerprint density at radius 2 is 1.77 bits per heavy atom. The van der Waals surface area contributed by atoms with Crippen LogP contribution in [0, 0.1) is 17.7 Å². The summed E-state index contributed by atoms with van der Waals surface area (Å²) >= 11 is 0. The largest absolute Gasteiger partial charge is 0.465 e. The van der Waals surface area contributed by atoms with E-state index in [9.17, 15) is 18.8 Å². The molecule has 2 aliphatic heterocycles. The quantitative estimate of drug-likeness (QED) is 0.605. The molecule has 2 saturated heterocycles. The average molecular weight is 410 g/mol.